The molecule has 0 aromatic heterocycles. The van der Waals surface area contributed by atoms with Gasteiger partial charge in [-0.2, -0.15) is 0 Å². The highest BCUT2D eigenvalue weighted by Gasteiger charge is 2.26. The Morgan fingerprint density at radius 1 is 1.62 bits per heavy atom. The molecule has 0 heterocycles. The fraction of sp³-hybridized carbons (Fsp3) is 0.900. The van der Waals surface area contributed by atoms with Crippen LogP contribution in [-0.4, -0.2) is 18.0 Å². The molecule has 1 saturated carbocycles. The van der Waals surface area contributed by atoms with E-state index in [9.17, 15) is 4.79 Å². The SMILES string of the molecule is CCC(C)(N)C(=O)NCCC1CC1. The predicted octanol–water partition coefficient (Wildman–Crippen LogP) is 1.03. The lowest BCUT2D eigenvalue weighted by atomic mass is 9.99. The quantitative estimate of drug-likeness (QED) is 0.670. The highest BCUT2D eigenvalue weighted by atomic mass is 16.2. The van der Waals surface area contributed by atoms with Crippen molar-refractivity contribution in [2.75, 3.05) is 6.54 Å². The van der Waals surface area contributed by atoms with Gasteiger partial charge in [-0.25, -0.2) is 0 Å². The van der Waals surface area contributed by atoms with E-state index in [-0.39, 0.29) is 5.91 Å². The van der Waals surface area contributed by atoms with Crippen molar-refractivity contribution in [1.29, 1.82) is 0 Å². The number of nitrogens with two attached hydrogens (primary N) is 1. The first kappa shape index (κ1) is 10.5. The van der Waals surface area contributed by atoms with Crippen LogP contribution < -0.4 is 11.1 Å². The second-order valence-electron chi connectivity index (χ2n) is 4.26. The fourth-order valence-electron chi connectivity index (χ4n) is 1.16. The second kappa shape index (κ2) is 4.09. The number of nitrogens with one attached hydrogen (secondary N) is 1. The Labute approximate surface area is 80.1 Å². The van der Waals surface area contributed by atoms with Crippen LogP contribution in [0.5, 0.6) is 0 Å². The van der Waals surface area contributed by atoms with Gasteiger partial charge in [-0.05, 0) is 25.7 Å². The molecule has 0 saturated heterocycles. The third kappa shape index (κ3) is 3.35. The normalized spacial score (nSPS) is 20.8. The highest BCUT2D eigenvalue weighted by molar-refractivity contribution is 5.85. The standard InChI is InChI=1S/C10H20N2O/c1-3-10(2,11)9(13)12-7-6-8-4-5-8/h8H,3-7,11H2,1-2H3,(H,12,13). The van der Waals surface area contributed by atoms with Crippen molar-refractivity contribution in [3.8, 4) is 0 Å². The molecule has 1 atom stereocenters. The number of hydrogen-bond donors (Lipinski definition) is 2. The highest BCUT2D eigenvalue weighted by Crippen LogP contribution is 2.31. The van der Waals surface area contributed by atoms with E-state index in [0.29, 0.717) is 6.42 Å². The molecule has 13 heavy (non-hydrogen) atoms. The Bertz CT molecular complexity index is 185. The first-order valence-corrected chi connectivity index (χ1v) is 5.13. The molecule has 3 nitrogen and oxygen atoms in total. The van der Waals surface area contributed by atoms with Crippen LogP contribution in [0.1, 0.15) is 39.5 Å². The summed E-state index contributed by atoms with van der Waals surface area (Å²) in [7, 11) is 0. The van der Waals surface area contributed by atoms with E-state index in [0.717, 1.165) is 18.9 Å². The van der Waals surface area contributed by atoms with Crippen molar-refractivity contribution in [2.24, 2.45) is 11.7 Å². The van der Waals surface area contributed by atoms with Crippen molar-refractivity contribution in [1.82, 2.24) is 5.32 Å². The summed E-state index contributed by atoms with van der Waals surface area (Å²) in [6.45, 7) is 4.50. The van der Waals surface area contributed by atoms with E-state index in [2.05, 4.69) is 5.32 Å². The molecule has 0 bridgehead atoms. The minimum Gasteiger partial charge on any atom is -0.355 e. The molecule has 1 aliphatic carbocycles. The maximum atomic E-state index is 11.5. The van der Waals surface area contributed by atoms with Crippen LogP contribution in [0.4, 0.5) is 0 Å². The average Bonchev–Trinajstić information content (AvgIpc) is 2.88. The van der Waals surface area contributed by atoms with E-state index in [1.807, 2.05) is 6.92 Å². The number of carbonyl (C=O) groups is 1. The van der Waals surface area contributed by atoms with Gasteiger partial charge in [-0.3, -0.25) is 4.79 Å². The van der Waals surface area contributed by atoms with Gasteiger partial charge in [0.1, 0.15) is 0 Å². The van der Waals surface area contributed by atoms with Crippen LogP contribution in [0.3, 0.4) is 0 Å². The molecule has 76 valence electrons. The summed E-state index contributed by atoms with van der Waals surface area (Å²) >= 11 is 0. The number of amides is 1. The molecule has 0 aliphatic heterocycles. The molecule has 0 spiro atoms. The zero-order valence-corrected chi connectivity index (χ0v) is 8.60. The first-order valence-electron chi connectivity index (χ1n) is 5.13. The van der Waals surface area contributed by atoms with Crippen molar-refractivity contribution in [2.45, 2.75) is 45.1 Å². The van der Waals surface area contributed by atoms with Crippen molar-refractivity contribution in [3.05, 3.63) is 0 Å². The molecule has 3 heteroatoms. The van der Waals surface area contributed by atoms with Crippen LogP contribution in [0.25, 0.3) is 0 Å². The van der Waals surface area contributed by atoms with Gasteiger partial charge in [-0.1, -0.05) is 19.8 Å². The molecule has 0 radical (unpaired) electrons. The van der Waals surface area contributed by atoms with Crippen LogP contribution in [-0.2, 0) is 4.79 Å². The van der Waals surface area contributed by atoms with E-state index in [4.69, 9.17) is 5.73 Å². The Morgan fingerprint density at radius 2 is 2.23 bits per heavy atom. The Kier molecular flexibility index (Phi) is 3.31. The summed E-state index contributed by atoms with van der Waals surface area (Å²) in [5.74, 6) is 0.849. The van der Waals surface area contributed by atoms with Crippen molar-refractivity contribution < 1.29 is 4.79 Å². The lowest BCUT2D eigenvalue weighted by molar-refractivity contribution is -0.125. The lowest BCUT2D eigenvalue weighted by Gasteiger charge is -2.21. The summed E-state index contributed by atoms with van der Waals surface area (Å²) in [6, 6.07) is 0. The summed E-state index contributed by atoms with van der Waals surface area (Å²) < 4.78 is 0. The van der Waals surface area contributed by atoms with E-state index in [1.165, 1.54) is 12.8 Å². The third-order valence-electron chi connectivity index (χ3n) is 2.79. The predicted molar refractivity (Wildman–Crippen MR) is 53.2 cm³/mol. The molecule has 1 aliphatic rings. The molecule has 0 aromatic carbocycles. The largest absolute Gasteiger partial charge is 0.355 e. The fourth-order valence-corrected chi connectivity index (χ4v) is 1.16. The van der Waals surface area contributed by atoms with Gasteiger partial charge in [0.25, 0.3) is 0 Å². The molecule has 3 N–H and O–H groups in total. The molecule has 1 amide bonds. The summed E-state index contributed by atoms with van der Waals surface area (Å²) in [6.07, 6.45) is 4.47. The van der Waals surface area contributed by atoms with Gasteiger partial charge in [0, 0.05) is 6.54 Å². The Hall–Kier alpha value is -0.570. The van der Waals surface area contributed by atoms with Gasteiger partial charge in [0.2, 0.25) is 5.91 Å². The number of carbonyl (C=O) groups excluding carboxylic acids is 1. The van der Waals surface area contributed by atoms with Gasteiger partial charge < -0.3 is 11.1 Å². The van der Waals surface area contributed by atoms with E-state index >= 15 is 0 Å². The third-order valence-corrected chi connectivity index (χ3v) is 2.79. The average molecular weight is 184 g/mol. The molecule has 1 rings (SSSR count). The van der Waals surface area contributed by atoms with Crippen LogP contribution in [0.2, 0.25) is 0 Å². The second-order valence-corrected chi connectivity index (χ2v) is 4.26. The van der Waals surface area contributed by atoms with Gasteiger partial charge >= 0.3 is 0 Å². The van der Waals surface area contributed by atoms with Crippen LogP contribution >= 0.6 is 0 Å². The zero-order chi connectivity index (χ0) is 9.90. The van der Waals surface area contributed by atoms with E-state index < -0.39 is 5.54 Å². The monoisotopic (exact) mass is 184 g/mol. The summed E-state index contributed by atoms with van der Waals surface area (Å²) in [5, 5.41) is 2.88. The molecular formula is C10H20N2O. The maximum Gasteiger partial charge on any atom is 0.239 e. The minimum atomic E-state index is -0.691. The van der Waals surface area contributed by atoms with Gasteiger partial charge in [-0.15, -0.1) is 0 Å². The Morgan fingerprint density at radius 3 is 2.69 bits per heavy atom. The van der Waals surface area contributed by atoms with E-state index in [1.54, 1.807) is 6.92 Å². The lowest BCUT2D eigenvalue weighted by Crippen LogP contribution is -2.51. The summed E-state index contributed by atoms with van der Waals surface area (Å²) in [4.78, 5) is 11.5. The van der Waals surface area contributed by atoms with Gasteiger partial charge in [0.15, 0.2) is 0 Å². The zero-order valence-electron chi connectivity index (χ0n) is 8.60. The minimum absolute atomic E-state index is 0.0179. The topological polar surface area (TPSA) is 55.1 Å². The number of hydrogen-bond acceptors (Lipinski definition) is 2. The van der Waals surface area contributed by atoms with Crippen LogP contribution in [0.15, 0.2) is 0 Å². The molecule has 1 fully saturated rings. The Balaban J connectivity index is 2.15. The molecule has 1 unspecified atom stereocenters. The smallest absolute Gasteiger partial charge is 0.239 e. The maximum absolute atomic E-state index is 11.5. The summed E-state index contributed by atoms with van der Waals surface area (Å²) in [5.41, 5.74) is 5.09. The molecular weight excluding hydrogens is 164 g/mol. The molecule has 0 aromatic rings. The van der Waals surface area contributed by atoms with Gasteiger partial charge in [0.05, 0.1) is 5.54 Å². The van der Waals surface area contributed by atoms with Crippen molar-refractivity contribution in [3.63, 3.8) is 0 Å². The van der Waals surface area contributed by atoms with Crippen LogP contribution in [0, 0.1) is 5.92 Å². The number of rotatable bonds is 5. The first-order chi connectivity index (χ1) is 6.06. The van der Waals surface area contributed by atoms with Crippen molar-refractivity contribution >= 4 is 5.91 Å².